The van der Waals surface area contributed by atoms with E-state index in [9.17, 15) is 24.8 Å². The van der Waals surface area contributed by atoms with Gasteiger partial charge in [-0.25, -0.2) is 4.79 Å². The van der Waals surface area contributed by atoms with Crippen molar-refractivity contribution in [1.82, 2.24) is 0 Å². The number of ether oxygens (including phenoxy) is 2. The van der Waals surface area contributed by atoms with Crippen LogP contribution in [0, 0.1) is 10.1 Å². The maximum atomic E-state index is 12.3. The third-order valence-electron chi connectivity index (χ3n) is 5.26. The van der Waals surface area contributed by atoms with Crippen LogP contribution in [-0.2, 0) is 19.8 Å². The molecule has 166 valence electrons. The van der Waals surface area contributed by atoms with E-state index in [1.807, 2.05) is 24.3 Å². The van der Waals surface area contributed by atoms with Crippen LogP contribution in [0.5, 0.6) is 5.75 Å². The first kappa shape index (κ1) is 22.5. The van der Waals surface area contributed by atoms with Crippen LogP contribution in [0.2, 0.25) is 0 Å². The number of carbonyl (C=O) groups is 2. The SMILES string of the molecule is COc1ccc2cc([C@@](C)(C(=O)O)c3ccc(C(=O)OCCO[N+](=O)[O-])cc3)ccc2c1. The second-order valence-electron chi connectivity index (χ2n) is 7.13. The van der Waals surface area contributed by atoms with Crippen LogP contribution in [0.4, 0.5) is 0 Å². The third-order valence-corrected chi connectivity index (χ3v) is 5.26. The fourth-order valence-electron chi connectivity index (χ4n) is 3.34. The minimum absolute atomic E-state index is 0.188. The number of hydrogen-bond donors (Lipinski definition) is 1. The summed E-state index contributed by atoms with van der Waals surface area (Å²) in [5, 5.41) is 21.0. The summed E-state index contributed by atoms with van der Waals surface area (Å²) in [7, 11) is 1.58. The van der Waals surface area contributed by atoms with Crippen molar-refractivity contribution in [3.05, 3.63) is 87.5 Å². The summed E-state index contributed by atoms with van der Waals surface area (Å²) in [6.45, 7) is 0.945. The number of rotatable bonds is 9. The smallest absolute Gasteiger partial charge is 0.338 e. The Bertz CT molecular complexity index is 1160. The number of hydrogen-bond acceptors (Lipinski definition) is 7. The Hall–Kier alpha value is -4.14. The highest BCUT2D eigenvalue weighted by Gasteiger charge is 2.37. The van der Waals surface area contributed by atoms with Crippen LogP contribution < -0.4 is 4.74 Å². The Labute approximate surface area is 183 Å². The molecule has 32 heavy (non-hydrogen) atoms. The van der Waals surface area contributed by atoms with Crippen molar-refractivity contribution in [2.45, 2.75) is 12.3 Å². The maximum absolute atomic E-state index is 12.3. The Morgan fingerprint density at radius 1 is 0.969 bits per heavy atom. The molecule has 9 heteroatoms. The summed E-state index contributed by atoms with van der Waals surface area (Å²) < 4.78 is 10.1. The highest BCUT2D eigenvalue weighted by atomic mass is 17.0. The molecule has 0 heterocycles. The van der Waals surface area contributed by atoms with E-state index in [1.54, 1.807) is 38.3 Å². The summed E-state index contributed by atoms with van der Waals surface area (Å²) in [6.07, 6.45) is 0. The standard InChI is InChI=1S/C23H21NO8/c1-23(22(26)27,19-9-5-17-14-20(30-2)10-6-16(17)13-19)18-7-3-15(4-8-18)21(25)31-11-12-32-24(28)29/h3-10,13-14H,11-12H2,1-2H3,(H,26,27)/t23-/m0/s1. The van der Waals surface area contributed by atoms with E-state index in [4.69, 9.17) is 9.47 Å². The van der Waals surface area contributed by atoms with Crippen LogP contribution in [0.25, 0.3) is 10.8 Å². The van der Waals surface area contributed by atoms with E-state index in [0.29, 0.717) is 16.9 Å². The van der Waals surface area contributed by atoms with Gasteiger partial charge in [-0.15, -0.1) is 10.1 Å². The van der Waals surface area contributed by atoms with Crippen LogP contribution in [0.15, 0.2) is 60.7 Å². The molecule has 0 saturated heterocycles. The molecule has 3 aromatic carbocycles. The zero-order valence-electron chi connectivity index (χ0n) is 17.4. The normalized spacial score (nSPS) is 12.6. The molecule has 0 amide bonds. The number of carbonyl (C=O) groups excluding carboxylic acids is 1. The first-order valence-corrected chi connectivity index (χ1v) is 9.62. The molecule has 0 fully saturated rings. The second kappa shape index (κ2) is 9.34. The lowest BCUT2D eigenvalue weighted by molar-refractivity contribution is -0.757. The molecule has 0 saturated carbocycles. The molecule has 1 N–H and O–H groups in total. The number of carboxylic acids is 1. The molecule has 0 aromatic heterocycles. The van der Waals surface area contributed by atoms with E-state index >= 15 is 0 Å². The molecular weight excluding hydrogens is 418 g/mol. The molecule has 1 atom stereocenters. The van der Waals surface area contributed by atoms with Gasteiger partial charge in [0.15, 0.2) is 0 Å². The Morgan fingerprint density at radius 3 is 2.22 bits per heavy atom. The average Bonchev–Trinajstić information content (AvgIpc) is 2.80. The monoisotopic (exact) mass is 439 g/mol. The van der Waals surface area contributed by atoms with Gasteiger partial charge in [0.1, 0.15) is 24.4 Å². The predicted octanol–water partition coefficient (Wildman–Crippen LogP) is 3.60. The number of fused-ring (bicyclic) bond motifs is 1. The number of benzene rings is 3. The molecule has 0 radical (unpaired) electrons. The average molecular weight is 439 g/mol. The molecular formula is C23H21NO8. The molecule has 0 unspecified atom stereocenters. The largest absolute Gasteiger partial charge is 0.497 e. The van der Waals surface area contributed by atoms with Gasteiger partial charge in [-0.05, 0) is 59.2 Å². The van der Waals surface area contributed by atoms with Gasteiger partial charge in [-0.2, -0.15) is 0 Å². The predicted molar refractivity (Wildman–Crippen MR) is 114 cm³/mol. The van der Waals surface area contributed by atoms with Gasteiger partial charge in [0.2, 0.25) is 0 Å². The van der Waals surface area contributed by atoms with Crippen molar-refractivity contribution < 1.29 is 34.1 Å². The topological polar surface area (TPSA) is 125 Å². The Balaban J connectivity index is 1.86. The minimum Gasteiger partial charge on any atom is -0.497 e. The lowest BCUT2D eigenvalue weighted by Crippen LogP contribution is -2.33. The van der Waals surface area contributed by atoms with Crippen molar-refractivity contribution in [3.8, 4) is 5.75 Å². The van der Waals surface area contributed by atoms with Crippen molar-refractivity contribution in [3.63, 3.8) is 0 Å². The van der Waals surface area contributed by atoms with Crippen molar-refractivity contribution in [1.29, 1.82) is 0 Å². The van der Waals surface area contributed by atoms with Crippen molar-refractivity contribution >= 4 is 22.7 Å². The lowest BCUT2D eigenvalue weighted by Gasteiger charge is -2.26. The zero-order chi connectivity index (χ0) is 23.3. The second-order valence-corrected chi connectivity index (χ2v) is 7.13. The summed E-state index contributed by atoms with van der Waals surface area (Å²) in [6, 6.07) is 17.0. The highest BCUT2D eigenvalue weighted by Crippen LogP contribution is 2.35. The molecule has 9 nitrogen and oxygen atoms in total. The van der Waals surface area contributed by atoms with Crippen LogP contribution in [0.1, 0.15) is 28.4 Å². The summed E-state index contributed by atoms with van der Waals surface area (Å²) in [5.74, 6) is -1.03. The Kier molecular flexibility index (Phi) is 6.58. The first-order valence-electron chi connectivity index (χ1n) is 9.62. The van der Waals surface area contributed by atoms with Crippen molar-refractivity contribution in [2.75, 3.05) is 20.3 Å². The summed E-state index contributed by atoms with van der Waals surface area (Å²) in [4.78, 5) is 38.6. The van der Waals surface area contributed by atoms with Gasteiger partial charge in [0.25, 0.3) is 5.09 Å². The fourth-order valence-corrected chi connectivity index (χ4v) is 3.34. The molecule has 3 aromatic rings. The number of aliphatic carboxylic acids is 1. The third kappa shape index (κ3) is 4.61. The first-order chi connectivity index (χ1) is 15.3. The number of carboxylic acid groups (broad SMARTS) is 1. The fraction of sp³-hybridized carbons (Fsp3) is 0.217. The quantitative estimate of drug-likeness (QED) is 0.232. The van der Waals surface area contributed by atoms with E-state index in [0.717, 1.165) is 10.8 Å². The molecule has 0 aliphatic rings. The van der Waals surface area contributed by atoms with E-state index in [2.05, 4.69) is 4.84 Å². The molecule has 0 aliphatic heterocycles. The Morgan fingerprint density at radius 2 is 1.59 bits per heavy atom. The van der Waals surface area contributed by atoms with Crippen LogP contribution in [-0.4, -0.2) is 42.5 Å². The summed E-state index contributed by atoms with van der Waals surface area (Å²) >= 11 is 0. The summed E-state index contributed by atoms with van der Waals surface area (Å²) in [5.41, 5.74) is -0.120. The van der Waals surface area contributed by atoms with Gasteiger partial charge in [-0.1, -0.05) is 30.3 Å². The van der Waals surface area contributed by atoms with Gasteiger partial charge in [0.05, 0.1) is 12.7 Å². The lowest BCUT2D eigenvalue weighted by atomic mass is 9.75. The van der Waals surface area contributed by atoms with Crippen molar-refractivity contribution in [2.24, 2.45) is 0 Å². The maximum Gasteiger partial charge on any atom is 0.338 e. The number of methoxy groups -OCH3 is 1. The van der Waals surface area contributed by atoms with E-state index < -0.39 is 22.4 Å². The molecule has 0 spiro atoms. The zero-order valence-corrected chi connectivity index (χ0v) is 17.4. The van der Waals surface area contributed by atoms with E-state index in [1.165, 1.54) is 12.1 Å². The molecule has 0 aliphatic carbocycles. The van der Waals surface area contributed by atoms with E-state index in [-0.39, 0.29) is 18.8 Å². The number of nitrogens with zero attached hydrogens (tertiary/aromatic N) is 1. The van der Waals surface area contributed by atoms with Gasteiger partial charge >= 0.3 is 11.9 Å². The number of esters is 1. The minimum atomic E-state index is -1.36. The molecule has 0 bridgehead atoms. The molecule has 3 rings (SSSR count). The van der Waals surface area contributed by atoms with Gasteiger partial charge in [-0.3, -0.25) is 4.79 Å². The van der Waals surface area contributed by atoms with Gasteiger partial charge < -0.3 is 19.4 Å². The van der Waals surface area contributed by atoms with Crippen LogP contribution >= 0.6 is 0 Å². The highest BCUT2D eigenvalue weighted by molar-refractivity contribution is 5.92. The van der Waals surface area contributed by atoms with Crippen LogP contribution in [0.3, 0.4) is 0 Å². The van der Waals surface area contributed by atoms with Gasteiger partial charge in [0, 0.05) is 0 Å².